The van der Waals surface area contributed by atoms with Crippen LogP contribution >= 0.6 is 0 Å². The van der Waals surface area contributed by atoms with Crippen LogP contribution in [-0.2, 0) is 6.42 Å². The summed E-state index contributed by atoms with van der Waals surface area (Å²) in [5.41, 5.74) is 19.6. The van der Waals surface area contributed by atoms with Crippen molar-refractivity contribution in [1.29, 1.82) is 0 Å². The first kappa shape index (κ1) is 38.6. The first-order valence-corrected chi connectivity index (χ1v) is 20.4. The molecule has 59 heavy (non-hydrogen) atoms. The minimum absolute atomic E-state index is 0.898. The molecular formula is C58H49N. The van der Waals surface area contributed by atoms with Crippen LogP contribution < -0.4 is 0 Å². The predicted molar refractivity (Wildman–Crippen MR) is 256 cm³/mol. The smallest absolute Gasteiger partial charge is 0.0576 e. The van der Waals surface area contributed by atoms with E-state index in [0.29, 0.717) is 0 Å². The van der Waals surface area contributed by atoms with Crippen molar-refractivity contribution < 1.29 is 0 Å². The molecule has 0 atom stereocenters. The van der Waals surface area contributed by atoms with Gasteiger partial charge in [0.25, 0.3) is 0 Å². The number of hydrogen-bond acceptors (Lipinski definition) is 0. The summed E-state index contributed by atoms with van der Waals surface area (Å²) in [7, 11) is 0. The molecule has 9 aromatic rings. The van der Waals surface area contributed by atoms with E-state index in [1.54, 1.807) is 0 Å². The van der Waals surface area contributed by atoms with Gasteiger partial charge in [-0.3, -0.25) is 0 Å². The maximum Gasteiger partial charge on any atom is 0.0576 e. The summed E-state index contributed by atoms with van der Waals surface area (Å²) in [6.45, 7) is 14.9. The third-order valence-corrected chi connectivity index (χ3v) is 11.1. The minimum Gasteiger partial charge on any atom is -0.309 e. The van der Waals surface area contributed by atoms with E-state index in [9.17, 15) is 0 Å². The SMILES string of the molecule is C=C(/C=C(\C)c1ccccc1)c1cccc(-c2ccc(-c3ccccc3)cc2)c1.C=C(C)Cc1ccccc1-c1ccc2c3ccccc3n(-c3ccccc3)c2c1C. The van der Waals surface area contributed by atoms with Crippen LogP contribution in [0.15, 0.2) is 225 Å². The fraction of sp³-hybridized carbons (Fsp3) is 0.0690. The summed E-state index contributed by atoms with van der Waals surface area (Å²) in [5.74, 6) is 0. The Kier molecular flexibility index (Phi) is 11.5. The molecule has 0 bridgehead atoms. The molecular weight excluding hydrogens is 711 g/mol. The monoisotopic (exact) mass is 759 g/mol. The predicted octanol–water partition coefficient (Wildman–Crippen LogP) is 16.0. The summed E-state index contributed by atoms with van der Waals surface area (Å²) in [4.78, 5) is 0. The molecule has 1 heterocycles. The van der Waals surface area contributed by atoms with Gasteiger partial charge in [0, 0.05) is 16.5 Å². The zero-order valence-corrected chi connectivity index (χ0v) is 34.2. The number of aromatic nitrogens is 1. The molecule has 1 aromatic heterocycles. The fourth-order valence-corrected chi connectivity index (χ4v) is 8.14. The first-order chi connectivity index (χ1) is 28.9. The number of nitrogens with zero attached hydrogens (tertiary/aromatic N) is 1. The molecule has 0 N–H and O–H groups in total. The van der Waals surface area contributed by atoms with E-state index < -0.39 is 0 Å². The Morgan fingerprint density at radius 2 is 1.05 bits per heavy atom. The zero-order valence-electron chi connectivity index (χ0n) is 34.2. The van der Waals surface area contributed by atoms with Crippen molar-refractivity contribution in [2.45, 2.75) is 27.2 Å². The van der Waals surface area contributed by atoms with Crippen molar-refractivity contribution in [2.75, 3.05) is 0 Å². The van der Waals surface area contributed by atoms with E-state index in [-0.39, 0.29) is 0 Å². The second-order valence-corrected chi connectivity index (χ2v) is 15.4. The van der Waals surface area contributed by atoms with Crippen LogP contribution in [0.4, 0.5) is 0 Å². The van der Waals surface area contributed by atoms with Gasteiger partial charge in [0.1, 0.15) is 0 Å². The van der Waals surface area contributed by atoms with Gasteiger partial charge in [-0.25, -0.2) is 0 Å². The van der Waals surface area contributed by atoms with Gasteiger partial charge < -0.3 is 4.57 Å². The van der Waals surface area contributed by atoms with Gasteiger partial charge in [0.05, 0.1) is 11.0 Å². The van der Waals surface area contributed by atoms with Crippen molar-refractivity contribution in [3.8, 4) is 39.1 Å². The highest BCUT2D eigenvalue weighted by Gasteiger charge is 2.17. The van der Waals surface area contributed by atoms with Crippen molar-refractivity contribution in [3.05, 3.63) is 247 Å². The Bertz CT molecular complexity index is 2930. The largest absolute Gasteiger partial charge is 0.309 e. The maximum absolute atomic E-state index is 4.30. The van der Waals surface area contributed by atoms with E-state index in [1.165, 1.54) is 88.7 Å². The summed E-state index contributed by atoms with van der Waals surface area (Å²) in [6.07, 6.45) is 3.06. The quantitative estimate of drug-likeness (QED) is 0.102. The van der Waals surface area contributed by atoms with Gasteiger partial charge in [0.2, 0.25) is 0 Å². The van der Waals surface area contributed by atoms with E-state index >= 15 is 0 Å². The molecule has 0 unspecified atom stereocenters. The lowest BCUT2D eigenvalue weighted by Crippen LogP contribution is -1.97. The summed E-state index contributed by atoms with van der Waals surface area (Å²) in [6, 6.07) is 70.9. The molecule has 0 aliphatic heterocycles. The lowest BCUT2D eigenvalue weighted by Gasteiger charge is -2.15. The lowest BCUT2D eigenvalue weighted by molar-refractivity contribution is 1.15. The highest BCUT2D eigenvalue weighted by Crippen LogP contribution is 2.39. The molecule has 0 saturated heterocycles. The number of hydrogen-bond donors (Lipinski definition) is 0. The van der Waals surface area contributed by atoms with E-state index in [2.05, 4.69) is 233 Å². The van der Waals surface area contributed by atoms with Gasteiger partial charge in [0.15, 0.2) is 0 Å². The summed E-state index contributed by atoms with van der Waals surface area (Å²) in [5, 5.41) is 2.59. The zero-order chi connectivity index (χ0) is 40.7. The highest BCUT2D eigenvalue weighted by molar-refractivity contribution is 6.11. The molecule has 0 saturated carbocycles. The van der Waals surface area contributed by atoms with Gasteiger partial charge in [-0.1, -0.05) is 201 Å². The Labute approximate surface area is 349 Å². The van der Waals surface area contributed by atoms with Crippen molar-refractivity contribution in [1.82, 2.24) is 4.57 Å². The van der Waals surface area contributed by atoms with Crippen molar-refractivity contribution >= 4 is 33.0 Å². The van der Waals surface area contributed by atoms with Crippen LogP contribution in [0.5, 0.6) is 0 Å². The van der Waals surface area contributed by atoms with Crippen LogP contribution in [-0.4, -0.2) is 4.57 Å². The number of rotatable bonds is 9. The first-order valence-electron chi connectivity index (χ1n) is 20.4. The minimum atomic E-state index is 0.898. The molecule has 0 aliphatic rings. The Balaban J connectivity index is 0.000000164. The molecule has 1 nitrogen and oxygen atoms in total. The van der Waals surface area contributed by atoms with E-state index in [4.69, 9.17) is 0 Å². The number of benzene rings is 8. The van der Waals surface area contributed by atoms with Crippen LogP contribution in [0.3, 0.4) is 0 Å². The molecule has 1 heteroatoms. The third-order valence-electron chi connectivity index (χ3n) is 11.1. The summed E-state index contributed by atoms with van der Waals surface area (Å²) < 4.78 is 2.41. The Morgan fingerprint density at radius 3 is 1.76 bits per heavy atom. The lowest BCUT2D eigenvalue weighted by atomic mass is 9.92. The normalized spacial score (nSPS) is 11.3. The number of aryl methyl sites for hydroxylation is 1. The van der Waals surface area contributed by atoms with Crippen molar-refractivity contribution in [2.24, 2.45) is 0 Å². The average molecular weight is 760 g/mol. The molecule has 0 amide bonds. The van der Waals surface area contributed by atoms with Crippen molar-refractivity contribution in [3.63, 3.8) is 0 Å². The van der Waals surface area contributed by atoms with Crippen LogP contribution in [0.2, 0.25) is 0 Å². The fourth-order valence-electron chi connectivity index (χ4n) is 8.14. The molecule has 0 spiro atoms. The molecule has 0 fully saturated rings. The van der Waals surface area contributed by atoms with Gasteiger partial charge >= 0.3 is 0 Å². The highest BCUT2D eigenvalue weighted by atomic mass is 15.0. The molecule has 9 rings (SSSR count). The molecule has 8 aromatic carbocycles. The van der Waals surface area contributed by atoms with Gasteiger partial charge in [-0.2, -0.15) is 0 Å². The summed E-state index contributed by atoms with van der Waals surface area (Å²) >= 11 is 0. The second kappa shape index (κ2) is 17.5. The molecule has 0 aliphatic carbocycles. The number of para-hydroxylation sites is 2. The molecule has 286 valence electrons. The second-order valence-electron chi connectivity index (χ2n) is 15.4. The van der Waals surface area contributed by atoms with Crippen LogP contribution in [0.25, 0.3) is 72.0 Å². The maximum atomic E-state index is 4.30. The van der Waals surface area contributed by atoms with Gasteiger partial charge in [-0.15, -0.1) is 0 Å². The number of fused-ring (bicyclic) bond motifs is 3. The standard InChI is InChI=1S/C29H25N.C29H24/c1-20(2)19-22-11-7-8-14-25(22)24-17-18-27-26-15-9-10-16-28(26)30(29(27)21(24)3)23-12-5-4-6-13-23;1-22(24-10-5-3-6-11-24)20-23(2)28-14-9-15-29(21-28)27-18-16-26(17-19-27)25-12-7-4-8-13-25/h4-18H,1,19H2,2-3H3;3-21H,2H2,1H3/b;22-20+. The van der Waals surface area contributed by atoms with E-state index in [1.807, 2.05) is 12.1 Å². The number of allylic oxidation sites excluding steroid dienone is 4. The van der Waals surface area contributed by atoms with Crippen LogP contribution in [0.1, 0.15) is 36.1 Å². The Hall–Kier alpha value is -7.22. The van der Waals surface area contributed by atoms with Gasteiger partial charge in [-0.05, 0) is 118 Å². The topological polar surface area (TPSA) is 4.93 Å². The average Bonchev–Trinajstić information content (AvgIpc) is 3.63. The molecule has 0 radical (unpaired) electrons. The Morgan fingerprint density at radius 1 is 0.492 bits per heavy atom. The van der Waals surface area contributed by atoms with Crippen LogP contribution in [0, 0.1) is 6.92 Å². The van der Waals surface area contributed by atoms with E-state index in [0.717, 1.165) is 17.6 Å². The third kappa shape index (κ3) is 8.42.